The van der Waals surface area contributed by atoms with Gasteiger partial charge in [-0.05, 0) is 76.1 Å². The Hall–Kier alpha value is -2.91. The van der Waals surface area contributed by atoms with Crippen molar-refractivity contribution < 1.29 is 13.2 Å². The van der Waals surface area contributed by atoms with E-state index in [4.69, 9.17) is 12.2 Å². The average molecular weight is 488 g/mol. The van der Waals surface area contributed by atoms with Gasteiger partial charge < -0.3 is 19.7 Å². The fourth-order valence-electron chi connectivity index (χ4n) is 4.66. The van der Waals surface area contributed by atoms with E-state index in [9.17, 15) is 13.2 Å². The summed E-state index contributed by atoms with van der Waals surface area (Å²) in [7, 11) is 4.00. The van der Waals surface area contributed by atoms with Crippen molar-refractivity contribution in [3.05, 3.63) is 82.9 Å². The van der Waals surface area contributed by atoms with Crippen molar-refractivity contribution in [2.75, 3.05) is 27.2 Å². The zero-order valence-electron chi connectivity index (χ0n) is 19.6. The average Bonchev–Trinajstić information content (AvgIpc) is 3.27. The number of hydrogen-bond donors (Lipinski definition) is 1. The molecule has 0 bridgehead atoms. The van der Waals surface area contributed by atoms with Gasteiger partial charge in [0.15, 0.2) is 5.11 Å². The van der Waals surface area contributed by atoms with Gasteiger partial charge in [-0.15, -0.1) is 0 Å². The highest BCUT2D eigenvalue weighted by molar-refractivity contribution is 7.80. The molecule has 4 rings (SSSR count). The Morgan fingerprint density at radius 2 is 1.79 bits per heavy atom. The predicted octanol–water partition coefficient (Wildman–Crippen LogP) is 5.04. The maximum atomic E-state index is 13.8. The van der Waals surface area contributed by atoms with Crippen LogP contribution in [0.15, 0.2) is 54.7 Å². The van der Waals surface area contributed by atoms with Gasteiger partial charge in [0.2, 0.25) is 0 Å². The van der Waals surface area contributed by atoms with Crippen LogP contribution < -0.4 is 5.32 Å². The topological polar surface area (TPSA) is 36.3 Å². The number of aryl methyl sites for hydroxylation is 1. The molecule has 0 unspecified atom stereocenters. The number of para-hydroxylation sites is 1. The summed E-state index contributed by atoms with van der Waals surface area (Å²) in [6, 6.07) is 13.0. The van der Waals surface area contributed by atoms with Gasteiger partial charge >= 0.3 is 6.18 Å². The van der Waals surface area contributed by atoms with Crippen LogP contribution in [-0.2, 0) is 6.18 Å². The highest BCUT2D eigenvalue weighted by atomic mass is 32.1. The van der Waals surface area contributed by atoms with Crippen molar-refractivity contribution in [2.24, 2.45) is 0 Å². The van der Waals surface area contributed by atoms with Gasteiger partial charge in [-0.2, -0.15) is 13.2 Å². The van der Waals surface area contributed by atoms with Crippen LogP contribution in [0.25, 0.3) is 5.69 Å². The highest BCUT2D eigenvalue weighted by Gasteiger charge is 2.42. The maximum Gasteiger partial charge on any atom is 0.418 e. The quantitative estimate of drug-likeness (QED) is 0.493. The van der Waals surface area contributed by atoms with E-state index >= 15 is 0 Å². The van der Waals surface area contributed by atoms with Crippen molar-refractivity contribution in [1.82, 2.24) is 24.7 Å². The SMILES string of the molecule is Cc1cc([C@@H]2[C@H](c3ccccn3)NC(=S)N2CCN(C)C)c(C)n1-c1ccccc1C(F)(F)F. The van der Waals surface area contributed by atoms with Gasteiger partial charge in [0.05, 0.1) is 29.0 Å². The van der Waals surface area contributed by atoms with Crippen molar-refractivity contribution in [3.8, 4) is 5.69 Å². The molecule has 34 heavy (non-hydrogen) atoms. The Kier molecular flexibility index (Phi) is 6.69. The molecular formula is C25H28F3N5S. The number of rotatable bonds is 6. The number of nitrogens with zero attached hydrogens (tertiary/aromatic N) is 4. The fraction of sp³-hybridized carbons (Fsp3) is 0.360. The summed E-state index contributed by atoms with van der Waals surface area (Å²) in [5.41, 5.74) is 2.71. The minimum Gasteiger partial charge on any atom is -0.352 e. The normalized spacial score (nSPS) is 18.6. The lowest BCUT2D eigenvalue weighted by Crippen LogP contribution is -2.35. The Labute approximate surface area is 203 Å². The van der Waals surface area contributed by atoms with E-state index in [1.54, 1.807) is 16.8 Å². The monoisotopic (exact) mass is 487 g/mol. The smallest absolute Gasteiger partial charge is 0.352 e. The molecule has 0 amide bonds. The van der Waals surface area contributed by atoms with Crippen LogP contribution >= 0.6 is 12.2 Å². The molecule has 5 nitrogen and oxygen atoms in total. The van der Waals surface area contributed by atoms with E-state index in [-0.39, 0.29) is 17.8 Å². The fourth-order valence-corrected chi connectivity index (χ4v) is 4.99. The van der Waals surface area contributed by atoms with Gasteiger partial charge in [0, 0.05) is 30.7 Å². The molecule has 0 aliphatic carbocycles. The molecule has 180 valence electrons. The Morgan fingerprint density at radius 3 is 2.44 bits per heavy atom. The first kappa shape index (κ1) is 24.2. The number of nitrogens with one attached hydrogen (secondary N) is 1. The number of thiocarbonyl (C=S) groups is 1. The lowest BCUT2D eigenvalue weighted by molar-refractivity contribution is -0.137. The van der Waals surface area contributed by atoms with Crippen molar-refractivity contribution in [2.45, 2.75) is 32.1 Å². The maximum absolute atomic E-state index is 13.8. The molecule has 1 aliphatic heterocycles. The van der Waals surface area contributed by atoms with Crippen LogP contribution in [0.1, 0.15) is 40.3 Å². The lowest BCUT2D eigenvalue weighted by atomic mass is 9.96. The molecule has 1 saturated heterocycles. The second kappa shape index (κ2) is 9.38. The number of pyridine rings is 1. The molecule has 0 spiro atoms. The number of hydrogen-bond acceptors (Lipinski definition) is 3. The molecule has 9 heteroatoms. The van der Waals surface area contributed by atoms with Crippen molar-refractivity contribution in [3.63, 3.8) is 0 Å². The summed E-state index contributed by atoms with van der Waals surface area (Å²) in [5, 5.41) is 4.02. The molecule has 3 aromatic rings. The first-order valence-electron chi connectivity index (χ1n) is 11.1. The molecule has 1 fully saturated rings. The Bertz CT molecular complexity index is 1170. The van der Waals surface area contributed by atoms with Crippen LogP contribution in [0.4, 0.5) is 13.2 Å². The van der Waals surface area contributed by atoms with Gasteiger partial charge in [-0.25, -0.2) is 0 Å². The number of benzene rings is 1. The van der Waals surface area contributed by atoms with E-state index in [1.165, 1.54) is 12.1 Å². The summed E-state index contributed by atoms with van der Waals surface area (Å²) in [6.45, 7) is 5.17. The summed E-state index contributed by atoms with van der Waals surface area (Å²) in [4.78, 5) is 8.75. The lowest BCUT2D eigenvalue weighted by Gasteiger charge is -2.29. The third-order valence-electron chi connectivity index (χ3n) is 6.23. The minimum absolute atomic E-state index is 0.124. The Balaban J connectivity index is 1.85. The van der Waals surface area contributed by atoms with E-state index in [2.05, 4.69) is 20.1 Å². The van der Waals surface area contributed by atoms with Crippen LogP contribution in [0.5, 0.6) is 0 Å². The van der Waals surface area contributed by atoms with E-state index in [0.29, 0.717) is 11.7 Å². The highest BCUT2D eigenvalue weighted by Crippen LogP contribution is 2.42. The number of alkyl halides is 3. The summed E-state index contributed by atoms with van der Waals surface area (Å²) < 4.78 is 43.1. The zero-order valence-corrected chi connectivity index (χ0v) is 20.4. The largest absolute Gasteiger partial charge is 0.418 e. The zero-order chi connectivity index (χ0) is 24.6. The third-order valence-corrected chi connectivity index (χ3v) is 6.58. The van der Waals surface area contributed by atoms with Crippen LogP contribution in [0.3, 0.4) is 0 Å². The van der Waals surface area contributed by atoms with E-state index in [0.717, 1.165) is 35.3 Å². The van der Waals surface area contributed by atoms with Crippen LogP contribution in [0, 0.1) is 13.8 Å². The minimum atomic E-state index is -4.45. The molecule has 0 radical (unpaired) electrons. The van der Waals surface area contributed by atoms with Gasteiger partial charge in [-0.1, -0.05) is 18.2 Å². The molecule has 3 heterocycles. The summed E-state index contributed by atoms with van der Waals surface area (Å²) >= 11 is 5.71. The first-order valence-corrected chi connectivity index (χ1v) is 11.5. The van der Waals surface area contributed by atoms with E-state index < -0.39 is 11.7 Å². The number of halogens is 3. The van der Waals surface area contributed by atoms with Crippen molar-refractivity contribution >= 4 is 17.3 Å². The number of aromatic nitrogens is 2. The first-order chi connectivity index (χ1) is 16.1. The molecule has 2 atom stereocenters. The second-order valence-corrected chi connectivity index (χ2v) is 9.19. The molecule has 0 saturated carbocycles. The van der Waals surface area contributed by atoms with Crippen LogP contribution in [-0.4, -0.2) is 51.6 Å². The van der Waals surface area contributed by atoms with E-state index in [1.807, 2.05) is 52.2 Å². The molecule has 1 aromatic carbocycles. The molecular weight excluding hydrogens is 459 g/mol. The standard InChI is InChI=1S/C25H28F3N5S/c1-16-15-18(17(2)33(16)21-11-6-5-9-19(21)25(26,27)28)23-22(20-10-7-8-12-29-20)30-24(34)32(23)14-13-31(3)4/h5-12,15,22-23H,13-14H2,1-4H3,(H,30,34)/t22-,23+/m0/s1. The van der Waals surface area contributed by atoms with Gasteiger partial charge in [0.25, 0.3) is 0 Å². The van der Waals surface area contributed by atoms with Gasteiger partial charge in [0.1, 0.15) is 0 Å². The molecule has 2 aromatic heterocycles. The van der Waals surface area contributed by atoms with Crippen LogP contribution in [0.2, 0.25) is 0 Å². The number of likely N-dealkylation sites (N-methyl/N-ethyl adjacent to an activating group) is 1. The van der Waals surface area contributed by atoms with Gasteiger partial charge in [-0.3, -0.25) is 4.98 Å². The summed E-state index contributed by atoms with van der Waals surface area (Å²) in [6.07, 6.45) is -2.72. The predicted molar refractivity (Wildman–Crippen MR) is 131 cm³/mol. The second-order valence-electron chi connectivity index (χ2n) is 8.80. The molecule has 1 N–H and O–H groups in total. The molecule has 1 aliphatic rings. The Morgan fingerprint density at radius 1 is 1.09 bits per heavy atom. The third kappa shape index (κ3) is 4.54. The van der Waals surface area contributed by atoms with Crippen molar-refractivity contribution in [1.29, 1.82) is 0 Å². The summed E-state index contributed by atoms with van der Waals surface area (Å²) in [5.74, 6) is 0.